The van der Waals surface area contributed by atoms with Gasteiger partial charge in [-0.1, -0.05) is 0 Å². The summed E-state index contributed by atoms with van der Waals surface area (Å²) in [6.07, 6.45) is -2.15. The molecule has 0 spiro atoms. The molecule has 1 N–H and O–H groups in total. The highest BCUT2D eigenvalue weighted by molar-refractivity contribution is 5.94. The summed E-state index contributed by atoms with van der Waals surface area (Å²) in [5.41, 5.74) is 0.390. The number of rotatable bonds is 7. The van der Waals surface area contributed by atoms with E-state index < -0.39 is 11.7 Å². The molecule has 156 valence electrons. The van der Waals surface area contributed by atoms with E-state index >= 15 is 0 Å². The summed E-state index contributed by atoms with van der Waals surface area (Å²) in [7, 11) is 0. The maximum absolute atomic E-state index is 12.6. The van der Waals surface area contributed by atoms with Crippen molar-refractivity contribution in [1.29, 1.82) is 0 Å². The van der Waals surface area contributed by atoms with Crippen LogP contribution in [-0.4, -0.2) is 22.5 Å². The summed E-state index contributed by atoms with van der Waals surface area (Å²) in [6, 6.07) is 11.7. The van der Waals surface area contributed by atoms with Gasteiger partial charge < -0.3 is 14.8 Å². The van der Waals surface area contributed by atoms with Crippen molar-refractivity contribution in [2.45, 2.75) is 19.6 Å². The third-order valence-electron chi connectivity index (χ3n) is 3.95. The topological polar surface area (TPSA) is 73.3 Å². The molecule has 0 aliphatic rings. The summed E-state index contributed by atoms with van der Waals surface area (Å²) in [4.78, 5) is 20.0. The zero-order valence-electron chi connectivity index (χ0n) is 15.9. The molecule has 0 saturated carbocycles. The molecule has 0 saturated heterocycles. The van der Waals surface area contributed by atoms with Gasteiger partial charge in [0.15, 0.2) is 0 Å². The molecule has 2 heterocycles. The quantitative estimate of drug-likeness (QED) is 0.608. The highest BCUT2D eigenvalue weighted by Gasteiger charge is 2.30. The molecule has 3 rings (SSSR count). The van der Waals surface area contributed by atoms with Gasteiger partial charge in [0.05, 0.1) is 12.2 Å². The number of amides is 1. The summed E-state index contributed by atoms with van der Waals surface area (Å²) >= 11 is 0. The maximum atomic E-state index is 12.6. The molecule has 0 fully saturated rings. The molecule has 2 aromatic heterocycles. The minimum Gasteiger partial charge on any atom is -0.478 e. The van der Waals surface area contributed by atoms with Crippen molar-refractivity contribution < 1.29 is 27.4 Å². The standard InChI is InChI=1S/C21H18F3N3O3/c1-2-29-19-11-14(9-10-25-19)12-27-20(28)15-3-6-17(7-4-15)30-18-8-5-16(13-26-18)21(22,23)24/h3-11,13H,2,12H2,1H3,(H,27,28). The normalized spacial score (nSPS) is 11.1. The van der Waals surface area contributed by atoms with Crippen molar-refractivity contribution in [2.24, 2.45) is 0 Å². The first-order valence-electron chi connectivity index (χ1n) is 9.02. The van der Waals surface area contributed by atoms with E-state index in [4.69, 9.17) is 9.47 Å². The van der Waals surface area contributed by atoms with Gasteiger partial charge in [0.25, 0.3) is 5.91 Å². The number of pyridine rings is 2. The monoisotopic (exact) mass is 417 g/mol. The van der Waals surface area contributed by atoms with E-state index in [1.165, 1.54) is 12.1 Å². The molecular weight excluding hydrogens is 399 g/mol. The predicted molar refractivity (Wildman–Crippen MR) is 102 cm³/mol. The van der Waals surface area contributed by atoms with Gasteiger partial charge in [0.2, 0.25) is 11.8 Å². The Balaban J connectivity index is 1.57. The summed E-state index contributed by atoms with van der Waals surface area (Å²) in [5, 5.41) is 2.79. The average Bonchev–Trinajstić information content (AvgIpc) is 2.73. The molecular formula is C21H18F3N3O3. The van der Waals surface area contributed by atoms with Gasteiger partial charge in [0, 0.05) is 36.6 Å². The second kappa shape index (κ2) is 9.25. The van der Waals surface area contributed by atoms with Crippen LogP contribution in [0.2, 0.25) is 0 Å². The maximum Gasteiger partial charge on any atom is 0.417 e. The second-order valence-corrected chi connectivity index (χ2v) is 6.13. The number of nitrogens with one attached hydrogen (secondary N) is 1. The Hall–Kier alpha value is -3.62. The van der Waals surface area contributed by atoms with Gasteiger partial charge in [0.1, 0.15) is 5.75 Å². The number of benzene rings is 1. The van der Waals surface area contributed by atoms with Crippen LogP contribution in [0.5, 0.6) is 17.5 Å². The Morgan fingerprint density at radius 1 is 1.03 bits per heavy atom. The molecule has 0 radical (unpaired) electrons. The van der Waals surface area contributed by atoms with Crippen molar-refractivity contribution >= 4 is 5.91 Å². The third kappa shape index (κ3) is 5.69. The highest BCUT2D eigenvalue weighted by atomic mass is 19.4. The summed E-state index contributed by atoms with van der Waals surface area (Å²) in [6.45, 7) is 2.66. The van der Waals surface area contributed by atoms with E-state index in [2.05, 4.69) is 15.3 Å². The molecule has 9 heteroatoms. The Morgan fingerprint density at radius 2 is 1.80 bits per heavy atom. The van der Waals surface area contributed by atoms with Crippen LogP contribution in [-0.2, 0) is 12.7 Å². The van der Waals surface area contributed by atoms with Crippen LogP contribution in [0.3, 0.4) is 0 Å². The Bertz CT molecular complexity index is 991. The number of nitrogens with zero attached hydrogens (tertiary/aromatic N) is 2. The molecule has 0 aliphatic carbocycles. The van der Waals surface area contributed by atoms with Gasteiger partial charge >= 0.3 is 6.18 Å². The number of carbonyl (C=O) groups excluding carboxylic acids is 1. The van der Waals surface area contributed by atoms with Gasteiger partial charge in [-0.05, 0) is 48.9 Å². The molecule has 0 aliphatic heterocycles. The number of halogens is 3. The van der Waals surface area contributed by atoms with E-state index in [0.29, 0.717) is 36.5 Å². The Labute approximate surface area is 170 Å². The van der Waals surface area contributed by atoms with Crippen LogP contribution >= 0.6 is 0 Å². The van der Waals surface area contributed by atoms with Crippen molar-refractivity contribution in [3.8, 4) is 17.5 Å². The van der Waals surface area contributed by atoms with E-state index in [1.807, 2.05) is 6.92 Å². The molecule has 30 heavy (non-hydrogen) atoms. The zero-order valence-corrected chi connectivity index (χ0v) is 15.9. The lowest BCUT2D eigenvalue weighted by Crippen LogP contribution is -2.22. The molecule has 3 aromatic rings. The van der Waals surface area contributed by atoms with Gasteiger partial charge in [-0.2, -0.15) is 13.2 Å². The minimum atomic E-state index is -4.46. The smallest absolute Gasteiger partial charge is 0.417 e. The van der Waals surface area contributed by atoms with Gasteiger partial charge in [-0.3, -0.25) is 4.79 Å². The minimum absolute atomic E-state index is 0.0167. The second-order valence-electron chi connectivity index (χ2n) is 6.13. The van der Waals surface area contributed by atoms with Crippen LogP contribution < -0.4 is 14.8 Å². The highest BCUT2D eigenvalue weighted by Crippen LogP contribution is 2.30. The van der Waals surface area contributed by atoms with Crippen LogP contribution in [0.1, 0.15) is 28.4 Å². The molecule has 0 unspecified atom stereocenters. The summed E-state index contributed by atoms with van der Waals surface area (Å²) < 4.78 is 48.4. The van der Waals surface area contributed by atoms with Crippen LogP contribution in [0.15, 0.2) is 60.9 Å². The first-order valence-corrected chi connectivity index (χ1v) is 9.02. The first-order chi connectivity index (χ1) is 14.3. The van der Waals surface area contributed by atoms with E-state index in [-0.39, 0.29) is 11.8 Å². The lowest BCUT2D eigenvalue weighted by atomic mass is 10.2. The number of alkyl halides is 3. The van der Waals surface area contributed by atoms with Crippen molar-refractivity contribution in [2.75, 3.05) is 6.61 Å². The fourth-order valence-electron chi connectivity index (χ4n) is 2.48. The molecule has 1 amide bonds. The summed E-state index contributed by atoms with van der Waals surface area (Å²) in [5.74, 6) is 0.559. The van der Waals surface area contributed by atoms with Crippen molar-refractivity contribution in [3.63, 3.8) is 0 Å². The van der Waals surface area contributed by atoms with E-state index in [9.17, 15) is 18.0 Å². The van der Waals surface area contributed by atoms with E-state index in [1.54, 1.807) is 30.5 Å². The fraction of sp³-hybridized carbons (Fsp3) is 0.190. The van der Waals surface area contributed by atoms with Gasteiger partial charge in [-0.25, -0.2) is 9.97 Å². The largest absolute Gasteiger partial charge is 0.478 e. The number of aromatic nitrogens is 2. The van der Waals surface area contributed by atoms with Crippen molar-refractivity contribution in [1.82, 2.24) is 15.3 Å². The molecule has 0 bridgehead atoms. The Morgan fingerprint density at radius 3 is 2.43 bits per heavy atom. The third-order valence-corrected chi connectivity index (χ3v) is 3.95. The number of hydrogen-bond donors (Lipinski definition) is 1. The number of carbonyl (C=O) groups is 1. The van der Waals surface area contributed by atoms with Crippen LogP contribution in [0.25, 0.3) is 0 Å². The Kier molecular flexibility index (Phi) is 6.51. The fourth-order valence-corrected chi connectivity index (χ4v) is 2.48. The van der Waals surface area contributed by atoms with E-state index in [0.717, 1.165) is 17.7 Å². The predicted octanol–water partition coefficient (Wildman–Crippen LogP) is 4.62. The SMILES string of the molecule is CCOc1cc(CNC(=O)c2ccc(Oc3ccc(C(F)(F)F)cn3)cc2)ccn1. The van der Waals surface area contributed by atoms with Crippen LogP contribution in [0.4, 0.5) is 13.2 Å². The average molecular weight is 417 g/mol. The van der Waals surface area contributed by atoms with Crippen LogP contribution in [0, 0.1) is 0 Å². The number of hydrogen-bond acceptors (Lipinski definition) is 5. The van der Waals surface area contributed by atoms with Crippen molar-refractivity contribution in [3.05, 3.63) is 77.6 Å². The van der Waals surface area contributed by atoms with Gasteiger partial charge in [-0.15, -0.1) is 0 Å². The first kappa shape index (κ1) is 21.1. The molecule has 1 aromatic carbocycles. The molecule has 6 nitrogen and oxygen atoms in total. The molecule has 0 atom stereocenters. The lowest BCUT2D eigenvalue weighted by molar-refractivity contribution is -0.137. The lowest BCUT2D eigenvalue weighted by Gasteiger charge is -2.09. The zero-order chi connectivity index (χ0) is 21.6. The number of ether oxygens (including phenoxy) is 2.